The largest absolute Gasteiger partial charge is 0.391 e. The average Bonchev–Trinajstić information content (AvgIpc) is 2.14. The zero-order valence-corrected chi connectivity index (χ0v) is 9.53. The summed E-state index contributed by atoms with van der Waals surface area (Å²) >= 11 is 0. The van der Waals surface area contributed by atoms with Crippen LogP contribution in [0, 0.1) is 0 Å². The summed E-state index contributed by atoms with van der Waals surface area (Å²) in [6.07, 6.45) is 2.40. The van der Waals surface area contributed by atoms with Gasteiger partial charge in [0.1, 0.15) is 0 Å². The molecule has 15 heavy (non-hydrogen) atoms. The van der Waals surface area contributed by atoms with Crippen LogP contribution < -0.4 is 5.32 Å². The normalized spacial score (nSPS) is 14.3. The first-order valence-corrected chi connectivity index (χ1v) is 5.22. The van der Waals surface area contributed by atoms with Crippen molar-refractivity contribution in [2.45, 2.75) is 38.8 Å². The van der Waals surface area contributed by atoms with Crippen LogP contribution in [0.15, 0.2) is 12.7 Å². The van der Waals surface area contributed by atoms with Gasteiger partial charge in [0.15, 0.2) is 0 Å². The van der Waals surface area contributed by atoms with E-state index < -0.39 is 6.10 Å². The highest BCUT2D eigenvalue weighted by Crippen LogP contribution is 1.92. The van der Waals surface area contributed by atoms with Crippen LogP contribution in [0.1, 0.15) is 26.7 Å². The van der Waals surface area contributed by atoms with Crippen LogP contribution in [-0.2, 0) is 9.53 Å². The third-order valence-electron chi connectivity index (χ3n) is 1.71. The van der Waals surface area contributed by atoms with E-state index in [0.29, 0.717) is 26.1 Å². The first-order chi connectivity index (χ1) is 7.06. The maximum Gasteiger partial charge on any atom is 0.220 e. The molecular weight excluding hydrogens is 194 g/mol. The summed E-state index contributed by atoms with van der Waals surface area (Å²) in [6.45, 7) is 7.80. The number of carbonyl (C=O) groups excluding carboxylic acids is 1. The lowest BCUT2D eigenvalue weighted by Crippen LogP contribution is -2.36. The van der Waals surface area contributed by atoms with Crippen LogP contribution in [-0.4, -0.2) is 36.4 Å². The maximum absolute atomic E-state index is 11.2. The second-order valence-electron chi connectivity index (χ2n) is 3.68. The van der Waals surface area contributed by atoms with E-state index in [4.69, 9.17) is 9.84 Å². The number of amides is 1. The van der Waals surface area contributed by atoms with Crippen molar-refractivity contribution in [1.82, 2.24) is 5.32 Å². The number of aliphatic hydroxyl groups is 1. The SMILES string of the molecule is C=CCCC(=O)NC(C)COCC(C)O. The van der Waals surface area contributed by atoms with Crippen molar-refractivity contribution in [3.05, 3.63) is 12.7 Å². The first-order valence-electron chi connectivity index (χ1n) is 5.22. The summed E-state index contributed by atoms with van der Waals surface area (Å²) in [6, 6.07) is -0.0268. The molecule has 0 radical (unpaired) electrons. The molecule has 0 rings (SSSR count). The Hall–Kier alpha value is -0.870. The molecule has 2 unspecified atom stereocenters. The van der Waals surface area contributed by atoms with Crippen molar-refractivity contribution in [3.63, 3.8) is 0 Å². The molecule has 4 nitrogen and oxygen atoms in total. The lowest BCUT2D eigenvalue weighted by molar-refractivity contribution is -0.122. The second kappa shape index (κ2) is 8.44. The number of carbonyl (C=O) groups is 1. The third kappa shape index (κ3) is 9.43. The molecule has 0 aromatic rings. The zero-order valence-electron chi connectivity index (χ0n) is 9.53. The minimum atomic E-state index is -0.464. The minimum Gasteiger partial charge on any atom is -0.391 e. The molecule has 0 aliphatic rings. The van der Waals surface area contributed by atoms with Crippen LogP contribution in [0.2, 0.25) is 0 Å². The number of ether oxygens (including phenoxy) is 1. The van der Waals surface area contributed by atoms with Crippen molar-refractivity contribution in [2.75, 3.05) is 13.2 Å². The van der Waals surface area contributed by atoms with Gasteiger partial charge in [0.05, 0.1) is 19.3 Å². The molecule has 0 saturated heterocycles. The number of nitrogens with one attached hydrogen (secondary N) is 1. The van der Waals surface area contributed by atoms with Crippen LogP contribution in [0.25, 0.3) is 0 Å². The number of rotatable bonds is 8. The fourth-order valence-corrected chi connectivity index (χ4v) is 1.04. The lowest BCUT2D eigenvalue weighted by atomic mass is 10.2. The van der Waals surface area contributed by atoms with E-state index in [2.05, 4.69) is 11.9 Å². The fraction of sp³-hybridized carbons (Fsp3) is 0.727. The topological polar surface area (TPSA) is 58.6 Å². The molecule has 0 spiro atoms. The van der Waals surface area contributed by atoms with Crippen LogP contribution >= 0.6 is 0 Å². The van der Waals surface area contributed by atoms with Crippen molar-refractivity contribution in [1.29, 1.82) is 0 Å². The van der Waals surface area contributed by atoms with Gasteiger partial charge in [0.2, 0.25) is 5.91 Å². The predicted octanol–water partition coefficient (Wildman–Crippen LogP) is 0.855. The average molecular weight is 215 g/mol. The molecule has 0 saturated carbocycles. The molecule has 1 amide bonds. The van der Waals surface area contributed by atoms with Gasteiger partial charge in [0, 0.05) is 12.5 Å². The Bertz CT molecular complexity index is 192. The van der Waals surface area contributed by atoms with E-state index in [0.717, 1.165) is 0 Å². The maximum atomic E-state index is 11.2. The smallest absolute Gasteiger partial charge is 0.220 e. The van der Waals surface area contributed by atoms with Crippen LogP contribution in [0.5, 0.6) is 0 Å². The Morgan fingerprint density at radius 3 is 2.73 bits per heavy atom. The van der Waals surface area contributed by atoms with E-state index in [1.807, 2.05) is 6.92 Å². The predicted molar refractivity (Wildman–Crippen MR) is 59.5 cm³/mol. The van der Waals surface area contributed by atoms with Gasteiger partial charge in [-0.15, -0.1) is 6.58 Å². The molecule has 0 aromatic carbocycles. The highest BCUT2D eigenvalue weighted by atomic mass is 16.5. The standard InChI is InChI=1S/C11H21NO3/c1-4-5-6-11(14)12-9(2)7-15-8-10(3)13/h4,9-10,13H,1,5-8H2,2-3H3,(H,12,14). The van der Waals surface area contributed by atoms with Crippen molar-refractivity contribution in [3.8, 4) is 0 Å². The van der Waals surface area contributed by atoms with Gasteiger partial charge in [-0.25, -0.2) is 0 Å². The Morgan fingerprint density at radius 1 is 1.53 bits per heavy atom. The molecule has 0 aliphatic carbocycles. The van der Waals surface area contributed by atoms with E-state index in [-0.39, 0.29) is 11.9 Å². The van der Waals surface area contributed by atoms with Gasteiger partial charge in [-0.05, 0) is 20.3 Å². The van der Waals surface area contributed by atoms with E-state index >= 15 is 0 Å². The summed E-state index contributed by atoms with van der Waals surface area (Å²) in [5.74, 6) is 0.00282. The van der Waals surface area contributed by atoms with Crippen molar-refractivity contribution in [2.24, 2.45) is 0 Å². The van der Waals surface area contributed by atoms with Gasteiger partial charge in [-0.2, -0.15) is 0 Å². The molecule has 0 heterocycles. The lowest BCUT2D eigenvalue weighted by Gasteiger charge is -2.14. The number of allylic oxidation sites excluding steroid dienone is 1. The fourth-order valence-electron chi connectivity index (χ4n) is 1.04. The van der Waals surface area contributed by atoms with Crippen molar-refractivity contribution >= 4 is 5.91 Å². The molecule has 88 valence electrons. The Labute approximate surface area is 91.3 Å². The molecule has 2 atom stereocenters. The summed E-state index contributed by atoms with van der Waals surface area (Å²) in [5, 5.41) is 11.7. The van der Waals surface area contributed by atoms with E-state index in [9.17, 15) is 4.79 Å². The summed E-state index contributed by atoms with van der Waals surface area (Å²) in [7, 11) is 0. The summed E-state index contributed by atoms with van der Waals surface area (Å²) < 4.78 is 5.18. The van der Waals surface area contributed by atoms with Gasteiger partial charge in [0.25, 0.3) is 0 Å². The molecular formula is C11H21NO3. The second-order valence-corrected chi connectivity index (χ2v) is 3.68. The molecule has 2 N–H and O–H groups in total. The first kappa shape index (κ1) is 14.1. The third-order valence-corrected chi connectivity index (χ3v) is 1.71. The number of hydrogen-bond acceptors (Lipinski definition) is 3. The van der Waals surface area contributed by atoms with Crippen molar-refractivity contribution < 1.29 is 14.6 Å². The number of aliphatic hydroxyl groups excluding tert-OH is 1. The Morgan fingerprint density at radius 2 is 2.20 bits per heavy atom. The summed E-state index contributed by atoms with van der Waals surface area (Å²) in [5.41, 5.74) is 0. The highest BCUT2D eigenvalue weighted by Gasteiger charge is 2.06. The van der Waals surface area contributed by atoms with Gasteiger partial charge in [-0.1, -0.05) is 6.08 Å². The quantitative estimate of drug-likeness (QED) is 0.590. The van der Waals surface area contributed by atoms with E-state index in [1.54, 1.807) is 13.0 Å². The summed E-state index contributed by atoms with van der Waals surface area (Å²) in [4.78, 5) is 11.2. The molecule has 0 aliphatic heterocycles. The number of hydrogen-bond donors (Lipinski definition) is 2. The Balaban J connectivity index is 3.50. The highest BCUT2D eigenvalue weighted by molar-refractivity contribution is 5.76. The van der Waals surface area contributed by atoms with Crippen LogP contribution in [0.4, 0.5) is 0 Å². The molecule has 0 aromatic heterocycles. The molecule has 0 fully saturated rings. The van der Waals surface area contributed by atoms with E-state index in [1.165, 1.54) is 0 Å². The van der Waals surface area contributed by atoms with Gasteiger partial charge >= 0.3 is 0 Å². The zero-order chi connectivity index (χ0) is 11.7. The Kier molecular flexibility index (Phi) is 7.95. The van der Waals surface area contributed by atoms with Gasteiger partial charge in [-0.3, -0.25) is 4.79 Å². The van der Waals surface area contributed by atoms with Gasteiger partial charge < -0.3 is 15.2 Å². The molecule has 4 heteroatoms. The molecule has 0 bridgehead atoms. The van der Waals surface area contributed by atoms with Crippen LogP contribution in [0.3, 0.4) is 0 Å². The monoisotopic (exact) mass is 215 g/mol. The minimum absolute atomic E-state index is 0.00282.